The van der Waals surface area contributed by atoms with Gasteiger partial charge >= 0.3 is 0 Å². The van der Waals surface area contributed by atoms with Gasteiger partial charge in [-0.3, -0.25) is 4.79 Å². The summed E-state index contributed by atoms with van der Waals surface area (Å²) >= 11 is 0. The molecule has 1 fully saturated rings. The molecular formula is C10H20N2O. The fourth-order valence-corrected chi connectivity index (χ4v) is 2.15. The van der Waals surface area contributed by atoms with Crippen LogP contribution >= 0.6 is 0 Å². The van der Waals surface area contributed by atoms with E-state index < -0.39 is 0 Å². The second kappa shape index (κ2) is 4.61. The van der Waals surface area contributed by atoms with Crippen LogP contribution in [-0.2, 0) is 4.79 Å². The average Bonchev–Trinajstić information content (AvgIpc) is 2.09. The van der Waals surface area contributed by atoms with Crippen LogP contribution in [0.15, 0.2) is 0 Å². The van der Waals surface area contributed by atoms with Crippen LogP contribution in [-0.4, -0.2) is 18.5 Å². The Morgan fingerprint density at radius 2 is 2.15 bits per heavy atom. The SMILES string of the molecule is CC1CCC(NC(=O)CN)C(C)C1. The summed E-state index contributed by atoms with van der Waals surface area (Å²) in [6.07, 6.45) is 3.55. The van der Waals surface area contributed by atoms with Crippen LogP contribution in [0.3, 0.4) is 0 Å². The first-order valence-electron chi connectivity index (χ1n) is 5.13. The summed E-state index contributed by atoms with van der Waals surface area (Å²) in [4.78, 5) is 11.1. The Morgan fingerprint density at radius 1 is 1.46 bits per heavy atom. The number of carbonyl (C=O) groups is 1. The number of carbonyl (C=O) groups excluding carboxylic acids is 1. The van der Waals surface area contributed by atoms with Crippen molar-refractivity contribution in [2.24, 2.45) is 17.6 Å². The molecule has 1 amide bonds. The van der Waals surface area contributed by atoms with Crippen molar-refractivity contribution in [3.8, 4) is 0 Å². The van der Waals surface area contributed by atoms with Gasteiger partial charge in [0.2, 0.25) is 5.91 Å². The molecule has 0 aromatic heterocycles. The van der Waals surface area contributed by atoms with E-state index in [0.717, 1.165) is 12.3 Å². The normalized spacial score (nSPS) is 34.2. The largest absolute Gasteiger partial charge is 0.352 e. The molecule has 0 saturated heterocycles. The summed E-state index contributed by atoms with van der Waals surface area (Å²) in [6, 6.07) is 0.354. The van der Waals surface area contributed by atoms with Gasteiger partial charge in [0.05, 0.1) is 6.54 Å². The van der Waals surface area contributed by atoms with Crippen LogP contribution in [0.1, 0.15) is 33.1 Å². The molecule has 1 rings (SSSR count). The van der Waals surface area contributed by atoms with Crippen molar-refractivity contribution in [3.63, 3.8) is 0 Å². The molecule has 3 heteroatoms. The highest BCUT2D eigenvalue weighted by Crippen LogP contribution is 2.28. The third-order valence-electron chi connectivity index (χ3n) is 2.96. The Labute approximate surface area is 80.1 Å². The number of rotatable bonds is 2. The predicted molar refractivity (Wildman–Crippen MR) is 53.2 cm³/mol. The number of nitrogens with two attached hydrogens (primary N) is 1. The van der Waals surface area contributed by atoms with E-state index in [-0.39, 0.29) is 12.5 Å². The van der Waals surface area contributed by atoms with Gasteiger partial charge in [0.25, 0.3) is 0 Å². The van der Waals surface area contributed by atoms with Crippen molar-refractivity contribution in [2.75, 3.05) is 6.54 Å². The fraction of sp³-hybridized carbons (Fsp3) is 0.900. The van der Waals surface area contributed by atoms with Crippen LogP contribution in [0.2, 0.25) is 0 Å². The van der Waals surface area contributed by atoms with Gasteiger partial charge in [-0.05, 0) is 31.1 Å². The first kappa shape index (κ1) is 10.5. The first-order valence-corrected chi connectivity index (χ1v) is 5.13. The number of nitrogens with one attached hydrogen (secondary N) is 1. The fourth-order valence-electron chi connectivity index (χ4n) is 2.15. The molecule has 1 saturated carbocycles. The van der Waals surface area contributed by atoms with Gasteiger partial charge in [-0.1, -0.05) is 13.8 Å². The van der Waals surface area contributed by atoms with Gasteiger partial charge < -0.3 is 11.1 Å². The van der Waals surface area contributed by atoms with E-state index in [1.54, 1.807) is 0 Å². The molecule has 0 aromatic carbocycles. The number of hydrogen-bond donors (Lipinski definition) is 2. The topological polar surface area (TPSA) is 55.1 Å². The van der Waals surface area contributed by atoms with E-state index >= 15 is 0 Å². The molecule has 1 aliphatic carbocycles. The molecule has 0 bridgehead atoms. The highest BCUT2D eigenvalue weighted by atomic mass is 16.1. The molecule has 0 radical (unpaired) electrons. The maximum atomic E-state index is 11.1. The first-order chi connectivity index (χ1) is 6.13. The maximum absolute atomic E-state index is 11.1. The zero-order valence-corrected chi connectivity index (χ0v) is 8.55. The van der Waals surface area contributed by atoms with E-state index in [9.17, 15) is 4.79 Å². The summed E-state index contributed by atoms with van der Waals surface area (Å²) in [5.41, 5.74) is 5.25. The van der Waals surface area contributed by atoms with Gasteiger partial charge in [-0.25, -0.2) is 0 Å². The Kier molecular flexibility index (Phi) is 3.72. The van der Waals surface area contributed by atoms with Crippen molar-refractivity contribution in [2.45, 2.75) is 39.2 Å². The lowest BCUT2D eigenvalue weighted by Gasteiger charge is -2.33. The van der Waals surface area contributed by atoms with Gasteiger partial charge in [0.15, 0.2) is 0 Å². The van der Waals surface area contributed by atoms with Crippen LogP contribution in [0.25, 0.3) is 0 Å². The smallest absolute Gasteiger partial charge is 0.233 e. The zero-order valence-electron chi connectivity index (χ0n) is 8.55. The molecular weight excluding hydrogens is 164 g/mol. The Hall–Kier alpha value is -0.570. The molecule has 3 nitrogen and oxygen atoms in total. The summed E-state index contributed by atoms with van der Waals surface area (Å²) in [7, 11) is 0. The molecule has 3 N–H and O–H groups in total. The average molecular weight is 184 g/mol. The van der Waals surface area contributed by atoms with Crippen molar-refractivity contribution in [1.29, 1.82) is 0 Å². The van der Waals surface area contributed by atoms with E-state index in [1.165, 1.54) is 12.8 Å². The second-order valence-corrected chi connectivity index (χ2v) is 4.27. The molecule has 0 aliphatic heterocycles. The van der Waals surface area contributed by atoms with Crippen LogP contribution in [0.5, 0.6) is 0 Å². The Balaban J connectivity index is 2.38. The van der Waals surface area contributed by atoms with E-state index in [0.29, 0.717) is 12.0 Å². The summed E-state index contributed by atoms with van der Waals surface area (Å²) in [5.74, 6) is 1.38. The number of hydrogen-bond acceptors (Lipinski definition) is 2. The van der Waals surface area contributed by atoms with Crippen molar-refractivity contribution in [1.82, 2.24) is 5.32 Å². The van der Waals surface area contributed by atoms with Gasteiger partial charge in [-0.2, -0.15) is 0 Å². The van der Waals surface area contributed by atoms with Gasteiger partial charge in [0.1, 0.15) is 0 Å². The maximum Gasteiger partial charge on any atom is 0.233 e. The molecule has 1 aliphatic rings. The van der Waals surface area contributed by atoms with E-state index in [4.69, 9.17) is 5.73 Å². The summed E-state index contributed by atoms with van der Waals surface area (Å²) in [6.45, 7) is 4.59. The lowest BCUT2D eigenvalue weighted by atomic mass is 9.80. The van der Waals surface area contributed by atoms with Crippen molar-refractivity contribution in [3.05, 3.63) is 0 Å². The van der Waals surface area contributed by atoms with Gasteiger partial charge in [0, 0.05) is 6.04 Å². The molecule has 3 atom stereocenters. The quantitative estimate of drug-likeness (QED) is 0.669. The van der Waals surface area contributed by atoms with Crippen LogP contribution in [0.4, 0.5) is 0 Å². The standard InChI is InChI=1S/C10H20N2O/c1-7-3-4-9(8(2)5-7)12-10(13)6-11/h7-9H,3-6,11H2,1-2H3,(H,12,13). The third-order valence-corrected chi connectivity index (χ3v) is 2.96. The summed E-state index contributed by atoms with van der Waals surface area (Å²) in [5, 5.41) is 2.97. The Morgan fingerprint density at radius 3 is 2.69 bits per heavy atom. The highest BCUT2D eigenvalue weighted by molar-refractivity contribution is 5.78. The Bertz CT molecular complexity index is 182. The van der Waals surface area contributed by atoms with E-state index in [1.807, 2.05) is 0 Å². The molecule has 76 valence electrons. The second-order valence-electron chi connectivity index (χ2n) is 4.27. The molecule has 0 heterocycles. The lowest BCUT2D eigenvalue weighted by molar-refractivity contribution is -0.121. The molecule has 0 spiro atoms. The molecule has 0 aromatic rings. The lowest BCUT2D eigenvalue weighted by Crippen LogP contribution is -2.44. The van der Waals surface area contributed by atoms with Crippen molar-refractivity contribution >= 4 is 5.91 Å². The van der Waals surface area contributed by atoms with Crippen molar-refractivity contribution < 1.29 is 4.79 Å². The minimum atomic E-state index is -0.0218. The highest BCUT2D eigenvalue weighted by Gasteiger charge is 2.25. The summed E-state index contributed by atoms with van der Waals surface area (Å²) < 4.78 is 0. The van der Waals surface area contributed by atoms with E-state index in [2.05, 4.69) is 19.2 Å². The molecule has 13 heavy (non-hydrogen) atoms. The molecule has 3 unspecified atom stereocenters. The number of amides is 1. The van der Waals surface area contributed by atoms with Crippen LogP contribution in [0, 0.1) is 11.8 Å². The monoisotopic (exact) mass is 184 g/mol. The zero-order chi connectivity index (χ0) is 9.84. The predicted octanol–water partition coefficient (Wildman–Crippen LogP) is 0.886. The minimum Gasteiger partial charge on any atom is -0.352 e. The minimum absolute atomic E-state index is 0.0218. The van der Waals surface area contributed by atoms with Gasteiger partial charge in [-0.15, -0.1) is 0 Å². The van der Waals surface area contributed by atoms with Crippen LogP contribution < -0.4 is 11.1 Å². The third kappa shape index (κ3) is 2.99.